The fourth-order valence-electron chi connectivity index (χ4n) is 3.06. The van der Waals surface area contributed by atoms with Crippen molar-refractivity contribution in [2.75, 3.05) is 33.4 Å². The summed E-state index contributed by atoms with van der Waals surface area (Å²) < 4.78 is 33.8. The Bertz CT molecular complexity index is 913. The van der Waals surface area contributed by atoms with Gasteiger partial charge >= 0.3 is 0 Å². The van der Waals surface area contributed by atoms with Crippen LogP contribution in [0.3, 0.4) is 0 Å². The molecule has 2 aromatic rings. The van der Waals surface area contributed by atoms with E-state index in [1.165, 1.54) is 16.6 Å². The second kappa shape index (κ2) is 7.84. The van der Waals surface area contributed by atoms with Crippen LogP contribution in [0.15, 0.2) is 41.4 Å². The van der Waals surface area contributed by atoms with Crippen molar-refractivity contribution in [2.24, 2.45) is 7.05 Å². The van der Waals surface area contributed by atoms with Crippen molar-refractivity contribution >= 4 is 15.9 Å². The molecule has 0 unspecified atom stereocenters. The molecule has 7 nitrogen and oxygen atoms in total. The number of amides is 1. The zero-order chi connectivity index (χ0) is 19.6. The third-order valence-electron chi connectivity index (χ3n) is 4.69. The zero-order valence-electron chi connectivity index (χ0n) is 15.9. The van der Waals surface area contributed by atoms with Gasteiger partial charge in [-0.1, -0.05) is 29.8 Å². The second-order valence-corrected chi connectivity index (χ2v) is 8.77. The molecule has 1 saturated heterocycles. The Kier molecular flexibility index (Phi) is 5.69. The number of aromatic nitrogens is 1. The minimum atomic E-state index is -3.62. The number of carbonyl (C=O) groups is 1. The predicted molar refractivity (Wildman–Crippen MR) is 102 cm³/mol. The van der Waals surface area contributed by atoms with Crippen LogP contribution in [-0.2, 0) is 28.4 Å². The van der Waals surface area contributed by atoms with Gasteiger partial charge in [0.1, 0.15) is 10.6 Å². The zero-order valence-corrected chi connectivity index (χ0v) is 16.7. The quantitative estimate of drug-likeness (QED) is 0.777. The Morgan fingerprint density at radius 3 is 2.44 bits per heavy atom. The number of sulfonamides is 1. The van der Waals surface area contributed by atoms with Gasteiger partial charge in [-0.25, -0.2) is 8.42 Å². The monoisotopic (exact) mass is 391 g/mol. The molecule has 1 fully saturated rings. The van der Waals surface area contributed by atoms with Gasteiger partial charge in [0, 0.05) is 39.9 Å². The Labute approximate surface area is 160 Å². The van der Waals surface area contributed by atoms with Crippen LogP contribution in [0.4, 0.5) is 0 Å². The minimum absolute atomic E-state index is 0.138. The van der Waals surface area contributed by atoms with Crippen molar-refractivity contribution in [1.29, 1.82) is 0 Å². The van der Waals surface area contributed by atoms with Crippen LogP contribution in [0.5, 0.6) is 0 Å². The predicted octanol–water partition coefficient (Wildman–Crippen LogP) is 1.63. The molecule has 1 aliphatic heterocycles. The van der Waals surface area contributed by atoms with Crippen LogP contribution in [0.2, 0.25) is 0 Å². The highest BCUT2D eigenvalue weighted by molar-refractivity contribution is 7.89. The van der Waals surface area contributed by atoms with E-state index < -0.39 is 10.0 Å². The largest absolute Gasteiger partial charge is 0.379 e. The van der Waals surface area contributed by atoms with Crippen LogP contribution in [0.25, 0.3) is 0 Å². The molecular formula is C19H25N3O4S. The molecule has 0 radical (unpaired) electrons. The van der Waals surface area contributed by atoms with Crippen molar-refractivity contribution in [1.82, 2.24) is 13.8 Å². The lowest BCUT2D eigenvalue weighted by molar-refractivity contribution is 0.0730. The molecule has 2 heterocycles. The summed E-state index contributed by atoms with van der Waals surface area (Å²) in [6.45, 7) is 3.89. The van der Waals surface area contributed by atoms with Gasteiger partial charge in [-0.05, 0) is 18.6 Å². The smallest absolute Gasteiger partial charge is 0.270 e. The maximum atomic E-state index is 12.8. The first kappa shape index (κ1) is 19.6. The van der Waals surface area contributed by atoms with E-state index in [0.717, 1.165) is 11.1 Å². The summed E-state index contributed by atoms with van der Waals surface area (Å²) in [6.07, 6.45) is 1.50. The lowest BCUT2D eigenvalue weighted by Gasteiger charge is -2.25. The molecule has 3 rings (SSSR count). The van der Waals surface area contributed by atoms with Gasteiger partial charge < -0.3 is 14.2 Å². The number of nitrogens with zero attached hydrogens (tertiary/aromatic N) is 3. The molecule has 1 aromatic carbocycles. The topological polar surface area (TPSA) is 71.8 Å². The summed E-state index contributed by atoms with van der Waals surface area (Å²) in [5.41, 5.74) is 2.52. The Hall–Kier alpha value is -2.16. The van der Waals surface area contributed by atoms with Gasteiger partial charge in [-0.2, -0.15) is 4.31 Å². The molecular weight excluding hydrogens is 366 g/mol. The number of morpholine rings is 1. The fourth-order valence-corrected chi connectivity index (χ4v) is 4.54. The summed E-state index contributed by atoms with van der Waals surface area (Å²) in [6, 6.07) is 9.43. The molecule has 8 heteroatoms. The summed E-state index contributed by atoms with van der Waals surface area (Å²) in [4.78, 5) is 14.6. The van der Waals surface area contributed by atoms with Crippen molar-refractivity contribution in [2.45, 2.75) is 18.4 Å². The van der Waals surface area contributed by atoms with Crippen LogP contribution in [0, 0.1) is 6.92 Å². The van der Waals surface area contributed by atoms with E-state index in [9.17, 15) is 13.2 Å². The SMILES string of the molecule is Cc1ccc(CN(C)C(=O)c2cc(S(=O)(=O)N3CCOCC3)cn2C)cc1. The molecule has 27 heavy (non-hydrogen) atoms. The number of aryl methyl sites for hydroxylation is 2. The van der Waals surface area contributed by atoms with Gasteiger partial charge in [0.15, 0.2) is 0 Å². The lowest BCUT2D eigenvalue weighted by atomic mass is 10.1. The van der Waals surface area contributed by atoms with Gasteiger partial charge in [0.05, 0.1) is 13.2 Å². The summed E-state index contributed by atoms with van der Waals surface area (Å²) in [5.74, 6) is -0.221. The first-order valence-corrected chi connectivity index (χ1v) is 10.3. The average molecular weight is 391 g/mol. The normalized spacial score (nSPS) is 15.7. The molecule has 0 saturated carbocycles. The molecule has 0 aliphatic carbocycles. The number of rotatable bonds is 5. The molecule has 0 N–H and O–H groups in total. The Balaban J connectivity index is 1.78. The minimum Gasteiger partial charge on any atom is -0.379 e. The second-order valence-electron chi connectivity index (χ2n) is 6.84. The number of carbonyl (C=O) groups excluding carboxylic acids is 1. The van der Waals surface area contributed by atoms with E-state index in [2.05, 4.69) is 0 Å². The van der Waals surface area contributed by atoms with Crippen molar-refractivity contribution < 1.29 is 17.9 Å². The Morgan fingerprint density at radius 1 is 1.19 bits per heavy atom. The van der Waals surface area contributed by atoms with E-state index >= 15 is 0 Å². The first-order valence-electron chi connectivity index (χ1n) is 8.84. The van der Waals surface area contributed by atoms with E-state index in [1.54, 1.807) is 23.6 Å². The first-order chi connectivity index (χ1) is 12.8. The standard InChI is InChI=1S/C19H25N3O4S/c1-15-4-6-16(7-5-15)13-21(3)19(23)18-12-17(14-20(18)2)27(24,25)22-8-10-26-11-9-22/h4-7,12,14H,8-11,13H2,1-3H3. The van der Waals surface area contributed by atoms with Crippen LogP contribution in [0.1, 0.15) is 21.6 Å². The van der Waals surface area contributed by atoms with Crippen LogP contribution >= 0.6 is 0 Å². The maximum Gasteiger partial charge on any atom is 0.270 e. The van der Waals surface area contributed by atoms with Crippen molar-refractivity contribution in [3.63, 3.8) is 0 Å². The van der Waals surface area contributed by atoms with Crippen LogP contribution in [-0.4, -0.2) is 61.4 Å². The third-order valence-corrected chi connectivity index (χ3v) is 6.56. The van der Waals surface area contributed by atoms with Gasteiger partial charge in [-0.3, -0.25) is 4.79 Å². The maximum absolute atomic E-state index is 12.8. The summed E-state index contributed by atoms with van der Waals surface area (Å²) >= 11 is 0. The van der Waals surface area contributed by atoms with Gasteiger partial charge in [0.25, 0.3) is 5.91 Å². The van der Waals surface area contributed by atoms with E-state index in [0.29, 0.717) is 38.5 Å². The van der Waals surface area contributed by atoms with Crippen LogP contribution < -0.4 is 0 Å². The van der Waals surface area contributed by atoms with Crippen molar-refractivity contribution in [3.05, 3.63) is 53.3 Å². The third kappa shape index (κ3) is 4.23. The molecule has 146 valence electrons. The molecule has 0 bridgehead atoms. The molecule has 0 atom stereocenters. The number of hydrogen-bond donors (Lipinski definition) is 0. The average Bonchev–Trinajstić information content (AvgIpc) is 3.06. The molecule has 1 aliphatic rings. The number of benzene rings is 1. The van der Waals surface area contributed by atoms with Crippen molar-refractivity contribution in [3.8, 4) is 0 Å². The fraction of sp³-hybridized carbons (Fsp3) is 0.421. The van der Waals surface area contributed by atoms with E-state index in [1.807, 2.05) is 31.2 Å². The summed E-state index contributed by atoms with van der Waals surface area (Å²) in [5, 5.41) is 0. The molecule has 1 aromatic heterocycles. The summed E-state index contributed by atoms with van der Waals surface area (Å²) in [7, 11) is -0.225. The molecule has 0 spiro atoms. The van der Waals surface area contributed by atoms with Gasteiger partial charge in [-0.15, -0.1) is 0 Å². The highest BCUT2D eigenvalue weighted by Gasteiger charge is 2.29. The Morgan fingerprint density at radius 2 is 1.81 bits per heavy atom. The highest BCUT2D eigenvalue weighted by atomic mass is 32.2. The van der Waals surface area contributed by atoms with E-state index in [4.69, 9.17) is 4.74 Å². The number of hydrogen-bond acceptors (Lipinski definition) is 4. The van der Waals surface area contributed by atoms with Gasteiger partial charge in [0.2, 0.25) is 10.0 Å². The lowest BCUT2D eigenvalue weighted by Crippen LogP contribution is -2.40. The number of ether oxygens (including phenoxy) is 1. The highest BCUT2D eigenvalue weighted by Crippen LogP contribution is 2.21. The molecule has 1 amide bonds. The van der Waals surface area contributed by atoms with E-state index in [-0.39, 0.29) is 10.8 Å².